The first-order chi connectivity index (χ1) is 16.0. The Kier molecular flexibility index (Phi) is 22.9. The van der Waals surface area contributed by atoms with E-state index in [4.69, 9.17) is 0 Å². The van der Waals surface area contributed by atoms with Crippen LogP contribution >= 0.6 is 24.8 Å². The van der Waals surface area contributed by atoms with Crippen molar-refractivity contribution in [2.75, 3.05) is 0 Å². The molecular formula is C32H48Cl2SiZr-4. The first-order valence-electron chi connectivity index (χ1n) is 12.3. The van der Waals surface area contributed by atoms with E-state index in [0.717, 1.165) is 25.7 Å². The Morgan fingerprint density at radius 1 is 0.861 bits per heavy atom. The number of allylic oxidation sites excluding steroid dienone is 4. The number of fused-ring (bicyclic) bond motifs is 3. The quantitative estimate of drug-likeness (QED) is 0.173. The van der Waals surface area contributed by atoms with E-state index in [1.54, 1.807) is 23.3 Å². The van der Waals surface area contributed by atoms with Gasteiger partial charge in [0, 0.05) is 0 Å². The summed E-state index contributed by atoms with van der Waals surface area (Å²) in [4.78, 5) is 0. The van der Waals surface area contributed by atoms with Gasteiger partial charge in [-0.3, -0.25) is 6.08 Å². The number of halogens is 2. The molecule has 4 rings (SSSR count). The summed E-state index contributed by atoms with van der Waals surface area (Å²) in [5.74, 6) is 0. The van der Waals surface area contributed by atoms with E-state index in [1.807, 2.05) is 32.9 Å². The van der Waals surface area contributed by atoms with Gasteiger partial charge < -0.3 is 13.8 Å². The van der Waals surface area contributed by atoms with E-state index < -0.39 is 0 Å². The fourth-order valence-electron chi connectivity index (χ4n) is 3.32. The van der Waals surface area contributed by atoms with Gasteiger partial charge in [0.05, 0.1) is 0 Å². The number of hydrogen-bond donors (Lipinski definition) is 0. The van der Waals surface area contributed by atoms with Crippen LogP contribution < -0.4 is 0 Å². The van der Waals surface area contributed by atoms with Gasteiger partial charge in [-0.1, -0.05) is 90.1 Å². The molecule has 0 spiro atoms. The van der Waals surface area contributed by atoms with Crippen molar-refractivity contribution in [3.63, 3.8) is 0 Å². The first-order valence-corrected chi connectivity index (χ1v) is 18.3. The monoisotopic (exact) mass is 620 g/mol. The number of rotatable bonds is 0. The molecule has 202 valence electrons. The second kappa shape index (κ2) is 20.5. The molecule has 2 aliphatic rings. The summed E-state index contributed by atoms with van der Waals surface area (Å²) in [6.07, 6.45) is 13.0. The van der Waals surface area contributed by atoms with E-state index in [2.05, 4.69) is 104 Å². The van der Waals surface area contributed by atoms with Gasteiger partial charge in [-0.25, -0.2) is 12.2 Å². The van der Waals surface area contributed by atoms with Crippen molar-refractivity contribution in [2.45, 2.75) is 91.9 Å². The first kappa shape index (κ1) is 40.1. The van der Waals surface area contributed by atoms with Crippen molar-refractivity contribution in [1.82, 2.24) is 0 Å². The van der Waals surface area contributed by atoms with Gasteiger partial charge in [0.2, 0.25) is 0 Å². The molecule has 2 aliphatic carbocycles. The minimum atomic E-state index is 0. The van der Waals surface area contributed by atoms with Crippen molar-refractivity contribution in [3.8, 4) is 11.1 Å². The Morgan fingerprint density at radius 3 is 1.75 bits per heavy atom. The summed E-state index contributed by atoms with van der Waals surface area (Å²) in [5.41, 5.74) is 8.76. The van der Waals surface area contributed by atoms with Crippen LogP contribution in [0.25, 0.3) is 11.1 Å². The Labute approximate surface area is 253 Å². The summed E-state index contributed by atoms with van der Waals surface area (Å²) in [6.45, 7) is 26.6. The topological polar surface area (TPSA) is 0 Å². The molecule has 0 aliphatic heterocycles. The molecule has 0 heterocycles. The zero-order valence-corrected chi connectivity index (χ0v) is 29.4. The molecule has 0 radical (unpaired) electrons. The van der Waals surface area contributed by atoms with Crippen LogP contribution in [0.1, 0.15) is 96.9 Å². The fourth-order valence-corrected chi connectivity index (χ4v) is 3.32. The molecule has 0 aromatic heterocycles. The van der Waals surface area contributed by atoms with Crippen molar-refractivity contribution in [1.29, 1.82) is 0 Å². The van der Waals surface area contributed by atoms with Gasteiger partial charge in [0.15, 0.2) is 0 Å². The Hall–Kier alpha value is -0.400. The molecule has 0 amide bonds. The molecule has 0 N–H and O–H groups in total. The number of benzene rings is 2. The Bertz CT molecular complexity index is 845. The average molecular weight is 623 g/mol. The number of hydrogen-bond acceptors (Lipinski definition) is 0. The molecule has 0 atom stereocenters. The van der Waals surface area contributed by atoms with Crippen LogP contribution in [0.15, 0.2) is 48.6 Å². The average Bonchev–Trinajstić information content (AvgIpc) is 3.46. The summed E-state index contributed by atoms with van der Waals surface area (Å²) in [7, 11) is 0. The second-order valence-corrected chi connectivity index (χ2v) is 10.3. The van der Waals surface area contributed by atoms with Crippen LogP contribution in [0.3, 0.4) is 0 Å². The van der Waals surface area contributed by atoms with Gasteiger partial charge >= 0.3 is 30.2 Å². The van der Waals surface area contributed by atoms with Gasteiger partial charge in [-0.05, 0) is 17.4 Å². The second-order valence-electron chi connectivity index (χ2n) is 10.3. The van der Waals surface area contributed by atoms with Crippen molar-refractivity contribution >= 4 is 31.7 Å². The third-order valence-electron chi connectivity index (χ3n) is 5.11. The van der Waals surface area contributed by atoms with Crippen LogP contribution in [0, 0.1) is 26.0 Å². The standard InChI is InChI=1S/C21H25.C5H5.2C3H7.2ClH.H2Si.Zr/c1-20(2,3)16-9-7-14-11-15-8-10-17(21(4,5)6)13-19(15)18(14)12-16;1-2-4-5-3-1;2*1-3-2;;;;/h7,9-10,12-13H,11H2,1-6H3;1-3H,4H2;2*1,3H2,2H3;2*1H;1H2;/q4*-1;;;;. The third-order valence-corrected chi connectivity index (χ3v) is 5.11. The molecule has 36 heavy (non-hydrogen) atoms. The maximum absolute atomic E-state index is 3.53. The van der Waals surface area contributed by atoms with E-state index >= 15 is 0 Å². The Morgan fingerprint density at radius 2 is 1.36 bits per heavy atom. The van der Waals surface area contributed by atoms with Gasteiger partial charge in [0.25, 0.3) is 0 Å². The molecule has 0 saturated carbocycles. The third kappa shape index (κ3) is 13.9. The van der Waals surface area contributed by atoms with Gasteiger partial charge in [-0.15, -0.1) is 36.8 Å². The SMILES string of the molecule is CC(C)(C)c1c[c-]c2c(c1)-c1cc(C(C)(C)C)ccc1C2.Cl.Cl.[C-]1=CC=CC1.[CH2-]CC.[CH2-]CC.[SiH2]=[Zr]. The van der Waals surface area contributed by atoms with Crippen LogP contribution in [-0.2, 0) is 40.6 Å². The summed E-state index contributed by atoms with van der Waals surface area (Å²) >= 11 is 1.58. The van der Waals surface area contributed by atoms with Gasteiger partial charge in [0.1, 0.15) is 0 Å². The van der Waals surface area contributed by atoms with E-state index in [1.165, 1.54) is 33.4 Å². The molecule has 0 fully saturated rings. The van der Waals surface area contributed by atoms with Crippen molar-refractivity contribution < 1.29 is 23.3 Å². The van der Waals surface area contributed by atoms with E-state index in [9.17, 15) is 0 Å². The van der Waals surface area contributed by atoms with Crippen LogP contribution in [0.4, 0.5) is 0 Å². The van der Waals surface area contributed by atoms with Crippen molar-refractivity contribution in [3.05, 3.63) is 96.8 Å². The molecule has 0 unspecified atom stereocenters. The maximum atomic E-state index is 3.53. The van der Waals surface area contributed by atoms with Crippen LogP contribution in [0.5, 0.6) is 0 Å². The molecule has 2 aromatic carbocycles. The molecule has 2 aromatic rings. The van der Waals surface area contributed by atoms with E-state index in [0.29, 0.717) is 0 Å². The van der Waals surface area contributed by atoms with Crippen LogP contribution in [-0.4, -0.2) is 6.88 Å². The minimum absolute atomic E-state index is 0. The van der Waals surface area contributed by atoms with Gasteiger partial charge in [-0.2, -0.15) is 48.2 Å². The summed E-state index contributed by atoms with van der Waals surface area (Å²) in [6, 6.07) is 15.1. The zero-order chi connectivity index (χ0) is 26.4. The fraction of sp³-hybridized carbons (Fsp3) is 0.438. The molecule has 4 heteroatoms. The molecule has 0 nitrogen and oxygen atoms in total. The van der Waals surface area contributed by atoms with Crippen LogP contribution in [0.2, 0.25) is 0 Å². The van der Waals surface area contributed by atoms with Crippen molar-refractivity contribution in [2.24, 2.45) is 0 Å². The molecule has 0 bridgehead atoms. The molecule has 0 saturated heterocycles. The summed E-state index contributed by atoms with van der Waals surface area (Å²) in [5, 5.41) is 0. The summed E-state index contributed by atoms with van der Waals surface area (Å²) < 4.78 is 0. The predicted molar refractivity (Wildman–Crippen MR) is 167 cm³/mol. The van der Waals surface area contributed by atoms with E-state index in [-0.39, 0.29) is 35.6 Å². The predicted octanol–water partition coefficient (Wildman–Crippen LogP) is 9.34. The Balaban J connectivity index is -0.000000609. The normalized spacial score (nSPS) is 11.7. The molecular weight excluding hydrogens is 575 g/mol. The zero-order valence-electron chi connectivity index (χ0n) is 23.9.